The van der Waals surface area contributed by atoms with Gasteiger partial charge in [0.05, 0.1) is 17.9 Å². The van der Waals surface area contributed by atoms with Gasteiger partial charge in [0, 0.05) is 12.3 Å². The highest BCUT2D eigenvalue weighted by atomic mass is 32.2. The van der Waals surface area contributed by atoms with E-state index in [-0.39, 0.29) is 11.7 Å². The van der Waals surface area contributed by atoms with Crippen LogP contribution in [0.25, 0.3) is 11.1 Å². The number of oxazole rings is 1. The Morgan fingerprint density at radius 1 is 1.42 bits per heavy atom. The Hall–Kier alpha value is -1.69. The van der Waals surface area contributed by atoms with Gasteiger partial charge in [-0.05, 0) is 19.1 Å². The van der Waals surface area contributed by atoms with Gasteiger partial charge in [0.25, 0.3) is 0 Å². The molecule has 1 aromatic carbocycles. The molecule has 1 heterocycles. The topological polar surface area (TPSA) is 61.4 Å². The third-order valence-electron chi connectivity index (χ3n) is 2.56. The van der Waals surface area contributed by atoms with Crippen LogP contribution < -0.4 is 5.76 Å². The van der Waals surface area contributed by atoms with Crippen LogP contribution in [0.15, 0.2) is 33.5 Å². The molecule has 0 atom stereocenters. The Balaban J connectivity index is 1.93. The van der Waals surface area contributed by atoms with E-state index in [0.29, 0.717) is 30.2 Å². The number of hydrogen-bond acceptors (Lipinski definition) is 5. The molecule has 0 unspecified atom stereocenters. The predicted molar refractivity (Wildman–Crippen MR) is 74.4 cm³/mol. The quantitative estimate of drug-likeness (QED) is 0.597. The monoisotopic (exact) mass is 281 g/mol. The normalized spacial score (nSPS) is 10.8. The van der Waals surface area contributed by atoms with E-state index in [1.165, 1.54) is 11.8 Å². The average molecular weight is 281 g/mol. The minimum Gasteiger partial charge on any atom is -0.465 e. The van der Waals surface area contributed by atoms with Crippen LogP contribution in [0.3, 0.4) is 0 Å². The molecular formula is C13H15NO4S. The van der Waals surface area contributed by atoms with Gasteiger partial charge in [-0.25, -0.2) is 4.79 Å². The Labute approximate surface area is 114 Å². The molecule has 0 aliphatic carbocycles. The van der Waals surface area contributed by atoms with E-state index in [9.17, 15) is 9.59 Å². The minimum absolute atomic E-state index is 0.225. The van der Waals surface area contributed by atoms with Gasteiger partial charge in [-0.1, -0.05) is 12.1 Å². The van der Waals surface area contributed by atoms with Gasteiger partial charge >= 0.3 is 11.7 Å². The molecule has 0 radical (unpaired) electrons. The van der Waals surface area contributed by atoms with Crippen molar-refractivity contribution in [2.24, 2.45) is 0 Å². The molecule has 102 valence electrons. The summed E-state index contributed by atoms with van der Waals surface area (Å²) in [6, 6.07) is 7.29. The third kappa shape index (κ3) is 3.41. The summed E-state index contributed by atoms with van der Waals surface area (Å²) < 4.78 is 11.5. The first-order valence-corrected chi connectivity index (χ1v) is 7.19. The van der Waals surface area contributed by atoms with Crippen LogP contribution in [-0.2, 0) is 16.1 Å². The molecule has 2 rings (SSSR count). The highest BCUT2D eigenvalue weighted by Gasteiger charge is 2.08. The molecule has 2 aromatic rings. The van der Waals surface area contributed by atoms with Crippen LogP contribution in [0.1, 0.15) is 6.92 Å². The van der Waals surface area contributed by atoms with Crippen LogP contribution >= 0.6 is 11.8 Å². The number of carbonyl (C=O) groups is 1. The van der Waals surface area contributed by atoms with E-state index < -0.39 is 0 Å². The summed E-state index contributed by atoms with van der Waals surface area (Å²) in [6.07, 6.45) is 0. The number of hydrogen-bond donors (Lipinski definition) is 0. The van der Waals surface area contributed by atoms with Crippen molar-refractivity contribution in [1.82, 2.24) is 4.57 Å². The van der Waals surface area contributed by atoms with Gasteiger partial charge in [0.1, 0.15) is 0 Å². The van der Waals surface area contributed by atoms with Crippen molar-refractivity contribution < 1.29 is 13.9 Å². The van der Waals surface area contributed by atoms with Gasteiger partial charge < -0.3 is 9.15 Å². The SMILES string of the molecule is CCOC(=O)CSCCn1c(=O)oc2ccccc21. The van der Waals surface area contributed by atoms with Crippen LogP contribution in [0, 0.1) is 0 Å². The number of aromatic nitrogens is 1. The maximum absolute atomic E-state index is 11.7. The molecule has 0 aliphatic rings. The molecule has 0 saturated carbocycles. The van der Waals surface area contributed by atoms with Gasteiger partial charge in [-0.2, -0.15) is 0 Å². The molecule has 6 heteroatoms. The third-order valence-corrected chi connectivity index (χ3v) is 3.47. The Kier molecular flexibility index (Phi) is 4.68. The maximum atomic E-state index is 11.7. The predicted octanol–water partition coefficient (Wildman–Crippen LogP) is 1.89. The number of para-hydroxylation sites is 2. The van der Waals surface area contributed by atoms with E-state index in [2.05, 4.69) is 0 Å². The van der Waals surface area contributed by atoms with Crippen LogP contribution in [-0.4, -0.2) is 28.6 Å². The number of esters is 1. The second kappa shape index (κ2) is 6.47. The molecule has 1 aromatic heterocycles. The number of rotatable bonds is 6. The zero-order valence-corrected chi connectivity index (χ0v) is 11.4. The number of ether oxygens (including phenoxy) is 1. The van der Waals surface area contributed by atoms with Crippen LogP contribution in [0.5, 0.6) is 0 Å². The van der Waals surface area contributed by atoms with Crippen molar-refractivity contribution in [2.45, 2.75) is 13.5 Å². The second-order valence-corrected chi connectivity index (χ2v) is 4.95. The van der Waals surface area contributed by atoms with Gasteiger partial charge in [0.15, 0.2) is 5.58 Å². The fourth-order valence-electron chi connectivity index (χ4n) is 1.74. The fraction of sp³-hybridized carbons (Fsp3) is 0.385. The summed E-state index contributed by atoms with van der Waals surface area (Å²) >= 11 is 1.44. The fourth-order valence-corrected chi connectivity index (χ4v) is 2.45. The summed E-state index contributed by atoms with van der Waals surface area (Å²) in [5, 5.41) is 0. The standard InChI is InChI=1S/C13H15NO4S/c1-2-17-12(15)9-19-8-7-14-10-5-3-4-6-11(10)18-13(14)16/h3-6H,2,7-9H2,1H3. The lowest BCUT2D eigenvalue weighted by Gasteiger charge is -2.03. The zero-order chi connectivity index (χ0) is 13.7. The maximum Gasteiger partial charge on any atom is 0.419 e. The summed E-state index contributed by atoms with van der Waals surface area (Å²) in [5.74, 6) is 0.371. The largest absolute Gasteiger partial charge is 0.465 e. The first-order chi connectivity index (χ1) is 9.22. The van der Waals surface area contributed by atoms with Gasteiger partial charge in [-0.3, -0.25) is 9.36 Å². The van der Waals surface area contributed by atoms with E-state index in [1.54, 1.807) is 17.6 Å². The van der Waals surface area contributed by atoms with Crippen molar-refractivity contribution in [3.8, 4) is 0 Å². The van der Waals surface area contributed by atoms with Crippen LogP contribution in [0.2, 0.25) is 0 Å². The molecule has 0 bridgehead atoms. The lowest BCUT2D eigenvalue weighted by molar-refractivity contribution is -0.139. The van der Waals surface area contributed by atoms with Crippen molar-refractivity contribution in [3.05, 3.63) is 34.8 Å². The number of carbonyl (C=O) groups excluding carboxylic acids is 1. The smallest absolute Gasteiger partial charge is 0.419 e. The van der Waals surface area contributed by atoms with Gasteiger partial charge in [0.2, 0.25) is 0 Å². The second-order valence-electron chi connectivity index (χ2n) is 3.84. The molecule has 0 N–H and O–H groups in total. The molecule has 0 spiro atoms. The Morgan fingerprint density at radius 3 is 3.00 bits per heavy atom. The van der Waals surface area contributed by atoms with E-state index in [1.807, 2.05) is 18.2 Å². The van der Waals surface area contributed by atoms with Crippen molar-refractivity contribution in [3.63, 3.8) is 0 Å². The molecule has 0 amide bonds. The first kappa shape index (κ1) is 13.7. The minimum atomic E-state index is -0.363. The van der Waals surface area contributed by atoms with E-state index >= 15 is 0 Å². The number of fused-ring (bicyclic) bond motifs is 1. The van der Waals surface area contributed by atoms with Crippen molar-refractivity contribution in [1.29, 1.82) is 0 Å². The zero-order valence-electron chi connectivity index (χ0n) is 10.6. The molecule has 0 saturated heterocycles. The first-order valence-electron chi connectivity index (χ1n) is 6.04. The molecule has 0 aliphatic heterocycles. The Bertz CT molecular complexity index is 616. The Morgan fingerprint density at radius 2 is 2.21 bits per heavy atom. The molecular weight excluding hydrogens is 266 g/mol. The lowest BCUT2D eigenvalue weighted by atomic mass is 10.3. The summed E-state index contributed by atoms with van der Waals surface area (Å²) in [7, 11) is 0. The van der Waals surface area contributed by atoms with Crippen molar-refractivity contribution >= 4 is 28.8 Å². The molecule has 0 fully saturated rings. The van der Waals surface area contributed by atoms with E-state index in [4.69, 9.17) is 9.15 Å². The number of nitrogens with zero attached hydrogens (tertiary/aromatic N) is 1. The van der Waals surface area contributed by atoms with Gasteiger partial charge in [-0.15, -0.1) is 11.8 Å². The highest BCUT2D eigenvalue weighted by Crippen LogP contribution is 2.12. The molecule has 19 heavy (non-hydrogen) atoms. The summed E-state index contributed by atoms with van der Waals surface area (Å²) in [6.45, 7) is 2.69. The van der Waals surface area contributed by atoms with Crippen molar-refractivity contribution in [2.75, 3.05) is 18.1 Å². The summed E-state index contributed by atoms with van der Waals surface area (Å²) in [5.41, 5.74) is 1.37. The van der Waals surface area contributed by atoms with Crippen LogP contribution in [0.4, 0.5) is 0 Å². The highest BCUT2D eigenvalue weighted by molar-refractivity contribution is 7.99. The average Bonchev–Trinajstić information content (AvgIpc) is 2.71. The number of aryl methyl sites for hydroxylation is 1. The molecule has 5 nitrogen and oxygen atoms in total. The number of benzene rings is 1. The number of thioether (sulfide) groups is 1. The summed E-state index contributed by atoms with van der Waals surface area (Å²) in [4.78, 5) is 22.8. The van der Waals surface area contributed by atoms with E-state index in [0.717, 1.165) is 5.52 Å². The lowest BCUT2D eigenvalue weighted by Crippen LogP contribution is -2.16.